The summed E-state index contributed by atoms with van der Waals surface area (Å²) in [7, 11) is 0. The standard InChI is InChI=1S/C22H21NO2S2/c1-14-3-7-16(8-4-14)18-13-19(24)20(22-26-11-12-27-22)21(25)23(18)17-9-5-15(2)6-10-17/h3-10,18H,11-13H2,1-2H3. The lowest BCUT2D eigenvalue weighted by Gasteiger charge is -2.36. The first-order valence-corrected chi connectivity index (χ1v) is 11.0. The number of nitrogens with zero attached hydrogens (tertiary/aromatic N) is 1. The van der Waals surface area contributed by atoms with E-state index in [2.05, 4.69) is 0 Å². The van der Waals surface area contributed by atoms with Crippen molar-refractivity contribution in [2.75, 3.05) is 16.4 Å². The topological polar surface area (TPSA) is 37.4 Å². The van der Waals surface area contributed by atoms with Gasteiger partial charge in [-0.25, -0.2) is 0 Å². The molecular weight excluding hydrogens is 374 g/mol. The monoisotopic (exact) mass is 395 g/mol. The summed E-state index contributed by atoms with van der Waals surface area (Å²) < 4.78 is 0.893. The maximum absolute atomic E-state index is 13.5. The van der Waals surface area contributed by atoms with Gasteiger partial charge in [0.05, 0.1) is 10.3 Å². The number of thioether (sulfide) groups is 2. The van der Waals surface area contributed by atoms with E-state index in [-0.39, 0.29) is 17.7 Å². The van der Waals surface area contributed by atoms with Gasteiger partial charge in [0.2, 0.25) is 0 Å². The zero-order valence-corrected chi connectivity index (χ0v) is 17.0. The predicted molar refractivity (Wildman–Crippen MR) is 114 cm³/mol. The molecule has 4 rings (SSSR count). The molecule has 5 heteroatoms. The second-order valence-corrected chi connectivity index (χ2v) is 9.39. The van der Waals surface area contributed by atoms with Gasteiger partial charge in [-0.3, -0.25) is 9.59 Å². The summed E-state index contributed by atoms with van der Waals surface area (Å²) in [6.07, 6.45) is 0.322. The minimum atomic E-state index is -0.269. The minimum Gasteiger partial charge on any atom is -0.300 e. The van der Waals surface area contributed by atoms with Crippen LogP contribution in [0.4, 0.5) is 5.69 Å². The average Bonchev–Trinajstić information content (AvgIpc) is 3.17. The summed E-state index contributed by atoms with van der Waals surface area (Å²) in [5.41, 5.74) is 4.53. The number of carbonyl (C=O) groups excluding carboxylic acids is 2. The van der Waals surface area contributed by atoms with E-state index in [1.165, 1.54) is 0 Å². The highest BCUT2D eigenvalue weighted by molar-refractivity contribution is 8.25. The van der Waals surface area contributed by atoms with Gasteiger partial charge < -0.3 is 4.90 Å². The van der Waals surface area contributed by atoms with E-state index in [0.29, 0.717) is 12.0 Å². The first-order chi connectivity index (χ1) is 13.0. The van der Waals surface area contributed by atoms with Crippen molar-refractivity contribution in [3.63, 3.8) is 0 Å². The van der Waals surface area contributed by atoms with E-state index in [4.69, 9.17) is 0 Å². The van der Waals surface area contributed by atoms with Crippen LogP contribution in [0.5, 0.6) is 0 Å². The van der Waals surface area contributed by atoms with Gasteiger partial charge >= 0.3 is 0 Å². The molecule has 2 aliphatic heterocycles. The fourth-order valence-electron chi connectivity index (χ4n) is 3.46. The summed E-state index contributed by atoms with van der Waals surface area (Å²) in [5.74, 6) is 1.70. The van der Waals surface area contributed by atoms with Crippen molar-refractivity contribution in [2.24, 2.45) is 0 Å². The molecule has 1 atom stereocenters. The van der Waals surface area contributed by atoms with Crippen LogP contribution in [0.25, 0.3) is 0 Å². The maximum atomic E-state index is 13.5. The molecule has 27 heavy (non-hydrogen) atoms. The minimum absolute atomic E-state index is 0.0363. The summed E-state index contributed by atoms with van der Waals surface area (Å²) in [6.45, 7) is 4.07. The molecule has 0 saturated carbocycles. The Kier molecular flexibility index (Phi) is 5.15. The molecule has 0 N–H and O–H groups in total. The molecule has 0 aliphatic carbocycles. The number of aryl methyl sites for hydroxylation is 2. The molecule has 2 saturated heterocycles. The van der Waals surface area contributed by atoms with Gasteiger partial charge in [-0.15, -0.1) is 23.5 Å². The fraction of sp³-hybridized carbons (Fsp3) is 0.273. The van der Waals surface area contributed by atoms with Crippen molar-refractivity contribution in [3.05, 3.63) is 75.0 Å². The Hall–Kier alpha value is -1.98. The predicted octanol–water partition coefficient (Wildman–Crippen LogP) is 5.04. The first kappa shape index (κ1) is 18.4. The number of ketones is 1. The van der Waals surface area contributed by atoms with Crippen molar-refractivity contribution in [2.45, 2.75) is 26.3 Å². The number of rotatable bonds is 2. The van der Waals surface area contributed by atoms with Gasteiger partial charge in [0.25, 0.3) is 5.91 Å². The Labute approximate surface area is 168 Å². The molecular formula is C22H21NO2S2. The highest BCUT2D eigenvalue weighted by Crippen LogP contribution is 2.44. The van der Waals surface area contributed by atoms with Gasteiger partial charge in [0.15, 0.2) is 5.78 Å². The molecule has 3 nitrogen and oxygen atoms in total. The molecule has 138 valence electrons. The van der Waals surface area contributed by atoms with Crippen molar-refractivity contribution in [1.82, 2.24) is 0 Å². The number of hydrogen-bond donors (Lipinski definition) is 0. The maximum Gasteiger partial charge on any atom is 0.264 e. The van der Waals surface area contributed by atoms with E-state index < -0.39 is 0 Å². The van der Waals surface area contributed by atoms with Gasteiger partial charge in [-0.1, -0.05) is 47.5 Å². The van der Waals surface area contributed by atoms with E-state index >= 15 is 0 Å². The van der Waals surface area contributed by atoms with Crippen LogP contribution in [0.1, 0.15) is 29.2 Å². The number of Topliss-reactive ketones (excluding diaryl/α,β-unsaturated/α-hetero) is 1. The Bertz CT molecular complexity index is 908. The van der Waals surface area contributed by atoms with Crippen LogP contribution >= 0.6 is 23.5 Å². The highest BCUT2D eigenvalue weighted by Gasteiger charge is 2.41. The lowest BCUT2D eigenvalue weighted by atomic mass is 9.90. The third kappa shape index (κ3) is 3.58. The van der Waals surface area contributed by atoms with Crippen molar-refractivity contribution >= 4 is 40.9 Å². The Morgan fingerprint density at radius 1 is 0.852 bits per heavy atom. The average molecular weight is 396 g/mol. The number of carbonyl (C=O) groups is 2. The molecule has 2 aromatic rings. The van der Waals surface area contributed by atoms with Crippen molar-refractivity contribution in [3.8, 4) is 0 Å². The van der Waals surface area contributed by atoms with E-state index in [9.17, 15) is 9.59 Å². The van der Waals surface area contributed by atoms with Crippen molar-refractivity contribution < 1.29 is 9.59 Å². The zero-order chi connectivity index (χ0) is 19.0. The SMILES string of the molecule is Cc1ccc(C2CC(=O)C(=C3SCCS3)C(=O)N2c2ccc(C)cc2)cc1. The van der Waals surface area contributed by atoms with E-state index in [1.807, 2.05) is 67.3 Å². The van der Waals surface area contributed by atoms with Crippen LogP contribution in [0.3, 0.4) is 0 Å². The molecule has 2 aliphatic rings. The molecule has 2 fully saturated rings. The smallest absolute Gasteiger partial charge is 0.264 e. The second kappa shape index (κ2) is 7.56. The van der Waals surface area contributed by atoms with Crippen molar-refractivity contribution in [1.29, 1.82) is 0 Å². The van der Waals surface area contributed by atoms with Gasteiger partial charge in [-0.2, -0.15) is 0 Å². The number of hydrogen-bond acceptors (Lipinski definition) is 4. The molecule has 2 aromatic carbocycles. The molecule has 0 aromatic heterocycles. The van der Waals surface area contributed by atoms with E-state index in [1.54, 1.807) is 23.5 Å². The molecule has 2 heterocycles. The van der Waals surface area contributed by atoms with Crippen LogP contribution in [0.2, 0.25) is 0 Å². The molecule has 0 spiro atoms. The number of benzene rings is 2. The third-order valence-corrected chi connectivity index (χ3v) is 7.64. The van der Waals surface area contributed by atoms with Crippen LogP contribution < -0.4 is 4.90 Å². The van der Waals surface area contributed by atoms with Gasteiger partial charge in [-0.05, 0) is 31.5 Å². The fourth-order valence-corrected chi connectivity index (χ4v) is 6.03. The van der Waals surface area contributed by atoms with Crippen LogP contribution in [0.15, 0.2) is 58.3 Å². The lowest BCUT2D eigenvalue weighted by Crippen LogP contribution is -2.44. The Balaban J connectivity index is 1.81. The largest absolute Gasteiger partial charge is 0.300 e. The molecule has 0 radical (unpaired) electrons. The first-order valence-electron chi connectivity index (χ1n) is 9.04. The molecule has 1 unspecified atom stereocenters. The summed E-state index contributed by atoms with van der Waals surface area (Å²) in [5, 5.41) is 0. The molecule has 1 amide bonds. The lowest BCUT2D eigenvalue weighted by molar-refractivity contribution is -0.124. The highest BCUT2D eigenvalue weighted by atomic mass is 32.2. The summed E-state index contributed by atoms with van der Waals surface area (Å²) in [6, 6.07) is 15.8. The van der Waals surface area contributed by atoms with Crippen LogP contribution in [-0.4, -0.2) is 23.2 Å². The van der Waals surface area contributed by atoms with Gasteiger partial charge in [0.1, 0.15) is 5.57 Å². The Morgan fingerprint density at radius 3 is 2.00 bits per heavy atom. The second-order valence-electron chi connectivity index (χ2n) is 6.92. The number of amides is 1. The normalized spacial score (nSPS) is 20.5. The third-order valence-electron chi connectivity index (χ3n) is 4.93. The number of anilines is 1. The quantitative estimate of drug-likeness (QED) is 0.527. The Morgan fingerprint density at radius 2 is 1.41 bits per heavy atom. The number of piperidine rings is 1. The zero-order valence-electron chi connectivity index (χ0n) is 15.4. The van der Waals surface area contributed by atoms with Crippen LogP contribution in [0, 0.1) is 13.8 Å². The van der Waals surface area contributed by atoms with Gasteiger partial charge in [0, 0.05) is 23.6 Å². The summed E-state index contributed by atoms with van der Waals surface area (Å²) in [4.78, 5) is 28.2. The van der Waals surface area contributed by atoms with E-state index in [0.717, 1.165) is 38.1 Å². The molecule has 0 bridgehead atoms. The van der Waals surface area contributed by atoms with Crippen LogP contribution in [-0.2, 0) is 9.59 Å². The summed E-state index contributed by atoms with van der Waals surface area (Å²) >= 11 is 3.26.